The Balaban J connectivity index is 4.44. The number of hydrogen-bond acceptors (Lipinski definition) is 6. The summed E-state index contributed by atoms with van der Waals surface area (Å²) in [7, 11) is 0. The second kappa shape index (κ2) is 60.1. The summed E-state index contributed by atoms with van der Waals surface area (Å²) in [5, 5.41) is 0. The molecule has 0 aliphatic rings. The zero-order chi connectivity index (χ0) is 52.2. The van der Waals surface area contributed by atoms with Gasteiger partial charge in [-0.3, -0.25) is 14.4 Å². The maximum Gasteiger partial charge on any atom is 0.306 e. The fourth-order valence-corrected chi connectivity index (χ4v) is 8.56. The van der Waals surface area contributed by atoms with Crippen molar-refractivity contribution in [1.82, 2.24) is 0 Å². The molecule has 6 heteroatoms. The Morgan fingerprint density at radius 3 is 0.889 bits per heavy atom. The normalized spacial score (nSPS) is 12.7. The molecule has 0 N–H and O–H groups in total. The van der Waals surface area contributed by atoms with Crippen LogP contribution in [0.2, 0.25) is 0 Å². The molecule has 0 bridgehead atoms. The third-order valence-electron chi connectivity index (χ3n) is 13.1. The fraction of sp³-hybridized carbons (Fsp3) is 0.742. The minimum atomic E-state index is -0.795. The zero-order valence-corrected chi connectivity index (χ0v) is 47.4. The summed E-state index contributed by atoms with van der Waals surface area (Å²) < 4.78 is 16.9. The average molecular weight is 1000 g/mol. The maximum absolute atomic E-state index is 12.9. The Labute approximate surface area is 445 Å². The molecule has 1 atom stereocenters. The number of rotatable bonds is 55. The van der Waals surface area contributed by atoms with Crippen LogP contribution in [0.5, 0.6) is 0 Å². The van der Waals surface area contributed by atoms with Gasteiger partial charge in [-0.1, -0.05) is 266 Å². The van der Waals surface area contributed by atoms with Gasteiger partial charge in [0.2, 0.25) is 0 Å². The zero-order valence-electron chi connectivity index (χ0n) is 47.4. The number of ether oxygens (including phenoxy) is 3. The summed E-state index contributed by atoms with van der Waals surface area (Å²) in [6.45, 7) is 6.51. The van der Waals surface area contributed by atoms with E-state index in [9.17, 15) is 14.4 Å². The lowest BCUT2D eigenvalue weighted by Crippen LogP contribution is -2.30. The van der Waals surface area contributed by atoms with Crippen molar-refractivity contribution in [1.29, 1.82) is 0 Å². The highest BCUT2D eigenvalue weighted by atomic mass is 16.6. The van der Waals surface area contributed by atoms with Crippen LogP contribution in [0, 0.1) is 0 Å². The molecule has 0 radical (unpaired) electrons. The van der Waals surface area contributed by atoms with Crippen molar-refractivity contribution in [2.24, 2.45) is 0 Å². The quantitative estimate of drug-likeness (QED) is 0.0261. The smallest absolute Gasteiger partial charge is 0.306 e. The Kier molecular flexibility index (Phi) is 57.3. The molecule has 0 amide bonds. The Morgan fingerprint density at radius 1 is 0.292 bits per heavy atom. The molecular formula is C66H114O6. The molecular weight excluding hydrogens is 889 g/mol. The summed E-state index contributed by atoms with van der Waals surface area (Å²) in [5.41, 5.74) is 0. The Morgan fingerprint density at radius 2 is 0.542 bits per heavy atom. The first-order valence-corrected chi connectivity index (χ1v) is 30.6. The van der Waals surface area contributed by atoms with E-state index < -0.39 is 6.10 Å². The van der Waals surface area contributed by atoms with Crippen molar-refractivity contribution in [2.45, 2.75) is 303 Å². The highest BCUT2D eigenvalue weighted by molar-refractivity contribution is 5.71. The number of hydrogen-bond donors (Lipinski definition) is 0. The van der Waals surface area contributed by atoms with Gasteiger partial charge in [-0.15, -0.1) is 0 Å². The van der Waals surface area contributed by atoms with E-state index in [1.54, 1.807) is 0 Å². The summed E-state index contributed by atoms with van der Waals surface area (Å²) in [6.07, 6.45) is 78.6. The van der Waals surface area contributed by atoms with Crippen LogP contribution in [0.3, 0.4) is 0 Å². The van der Waals surface area contributed by atoms with Gasteiger partial charge in [0.15, 0.2) is 6.10 Å². The van der Waals surface area contributed by atoms with E-state index in [-0.39, 0.29) is 31.1 Å². The number of allylic oxidation sites excluding steroid dienone is 14. The molecule has 1 unspecified atom stereocenters. The fourth-order valence-electron chi connectivity index (χ4n) is 8.56. The highest BCUT2D eigenvalue weighted by Crippen LogP contribution is 2.16. The molecule has 0 aliphatic carbocycles. The largest absolute Gasteiger partial charge is 0.462 e. The molecule has 0 aromatic rings. The molecule has 0 aromatic carbocycles. The molecule has 0 aromatic heterocycles. The third-order valence-corrected chi connectivity index (χ3v) is 13.1. The first kappa shape index (κ1) is 68.6. The molecule has 72 heavy (non-hydrogen) atoms. The summed E-state index contributed by atoms with van der Waals surface area (Å²) in [6, 6.07) is 0. The lowest BCUT2D eigenvalue weighted by Gasteiger charge is -2.18. The monoisotopic (exact) mass is 1000 g/mol. The SMILES string of the molecule is CC/C=C\C/C=C\C/C=C\C/C=C\C/C=C\C/C=C\CCCCC(=O)OCC(COC(=O)CCCCCCCCCCCCCCCC)OC(=O)CCCCCCCCCCC/C=C\CCCCCCCC. The molecule has 0 saturated heterocycles. The first-order valence-electron chi connectivity index (χ1n) is 30.6. The van der Waals surface area contributed by atoms with E-state index in [2.05, 4.69) is 106 Å². The van der Waals surface area contributed by atoms with E-state index >= 15 is 0 Å². The molecule has 0 rings (SSSR count). The third kappa shape index (κ3) is 57.5. The minimum Gasteiger partial charge on any atom is -0.462 e. The molecule has 6 nitrogen and oxygen atoms in total. The van der Waals surface area contributed by atoms with E-state index in [1.165, 1.54) is 161 Å². The number of carbonyl (C=O) groups excluding carboxylic acids is 3. The van der Waals surface area contributed by atoms with Crippen molar-refractivity contribution in [3.05, 3.63) is 85.1 Å². The van der Waals surface area contributed by atoms with Crippen LogP contribution in [-0.4, -0.2) is 37.2 Å². The van der Waals surface area contributed by atoms with Crippen LogP contribution in [0.25, 0.3) is 0 Å². The number of esters is 3. The molecule has 0 saturated carbocycles. The molecule has 414 valence electrons. The summed E-state index contributed by atoms with van der Waals surface area (Å²) >= 11 is 0. The van der Waals surface area contributed by atoms with Crippen LogP contribution in [-0.2, 0) is 28.6 Å². The number of unbranched alkanes of at least 4 members (excludes halogenated alkanes) is 30. The lowest BCUT2D eigenvalue weighted by molar-refractivity contribution is -0.167. The topological polar surface area (TPSA) is 78.9 Å². The van der Waals surface area contributed by atoms with Crippen LogP contribution in [0.1, 0.15) is 297 Å². The molecule has 0 aliphatic heterocycles. The van der Waals surface area contributed by atoms with Gasteiger partial charge in [-0.05, 0) is 96.3 Å². The molecule has 0 fully saturated rings. The van der Waals surface area contributed by atoms with Gasteiger partial charge in [-0.2, -0.15) is 0 Å². The first-order chi connectivity index (χ1) is 35.5. The van der Waals surface area contributed by atoms with Gasteiger partial charge in [0.05, 0.1) is 0 Å². The van der Waals surface area contributed by atoms with Gasteiger partial charge in [0.25, 0.3) is 0 Å². The minimum absolute atomic E-state index is 0.0887. The highest BCUT2D eigenvalue weighted by Gasteiger charge is 2.19. The van der Waals surface area contributed by atoms with E-state index in [4.69, 9.17) is 14.2 Å². The van der Waals surface area contributed by atoms with Crippen molar-refractivity contribution < 1.29 is 28.6 Å². The lowest BCUT2D eigenvalue weighted by atomic mass is 10.0. The van der Waals surface area contributed by atoms with Gasteiger partial charge < -0.3 is 14.2 Å². The standard InChI is InChI=1S/C66H114O6/c1-4-7-10-13-16-19-22-25-28-30-32-33-35-36-38-41-44-47-50-53-56-59-65(68)71-62-63(61-70-64(67)58-55-52-49-46-43-40-27-24-21-18-15-12-9-6-3)72-66(69)60-57-54-51-48-45-42-39-37-34-31-29-26-23-20-17-14-11-8-5-2/h7,10,16,19,25-26,28-29,32-33,36,38,44,47,63H,4-6,8-9,11-15,17-18,20-24,27,30-31,34-35,37,39-43,45-46,48-62H2,1-3H3/b10-7-,19-16-,28-25-,29-26-,33-32-,38-36-,47-44-. The Bertz CT molecular complexity index is 1380. The number of carbonyl (C=O) groups is 3. The summed E-state index contributed by atoms with van der Waals surface area (Å²) in [5.74, 6) is -0.925. The van der Waals surface area contributed by atoms with Crippen molar-refractivity contribution in [3.63, 3.8) is 0 Å². The van der Waals surface area contributed by atoms with Gasteiger partial charge in [0, 0.05) is 19.3 Å². The van der Waals surface area contributed by atoms with Crippen LogP contribution < -0.4 is 0 Å². The van der Waals surface area contributed by atoms with Crippen LogP contribution in [0.4, 0.5) is 0 Å². The summed E-state index contributed by atoms with van der Waals surface area (Å²) in [4.78, 5) is 38.2. The maximum atomic E-state index is 12.9. The van der Waals surface area contributed by atoms with Gasteiger partial charge in [0.1, 0.15) is 13.2 Å². The van der Waals surface area contributed by atoms with E-state index in [0.29, 0.717) is 19.3 Å². The second-order valence-electron chi connectivity index (χ2n) is 20.2. The van der Waals surface area contributed by atoms with Crippen LogP contribution in [0.15, 0.2) is 85.1 Å². The predicted octanol–water partition coefficient (Wildman–Crippen LogP) is 20.7. The molecule has 0 heterocycles. The molecule has 0 spiro atoms. The Hall–Kier alpha value is -3.41. The van der Waals surface area contributed by atoms with Crippen molar-refractivity contribution in [2.75, 3.05) is 13.2 Å². The van der Waals surface area contributed by atoms with Crippen LogP contribution >= 0.6 is 0 Å². The van der Waals surface area contributed by atoms with Crippen molar-refractivity contribution in [3.8, 4) is 0 Å². The van der Waals surface area contributed by atoms with E-state index in [1.807, 2.05) is 0 Å². The van der Waals surface area contributed by atoms with E-state index in [0.717, 1.165) is 96.3 Å². The van der Waals surface area contributed by atoms with Gasteiger partial charge >= 0.3 is 17.9 Å². The van der Waals surface area contributed by atoms with Crippen molar-refractivity contribution >= 4 is 17.9 Å². The van der Waals surface area contributed by atoms with Gasteiger partial charge in [-0.25, -0.2) is 0 Å². The average Bonchev–Trinajstić information content (AvgIpc) is 3.38. The predicted molar refractivity (Wildman–Crippen MR) is 311 cm³/mol. The second-order valence-corrected chi connectivity index (χ2v) is 20.2.